The van der Waals surface area contributed by atoms with E-state index in [0.29, 0.717) is 12.8 Å². The number of nitrogens with one attached hydrogen (secondary N) is 1. The molecule has 0 aliphatic carbocycles. The highest BCUT2D eigenvalue weighted by atomic mass is 16.3. The Bertz CT molecular complexity index is 682. The monoisotopic (exact) mass is 588 g/mol. The van der Waals surface area contributed by atoms with Crippen LogP contribution < -0.4 is 5.32 Å². The van der Waals surface area contributed by atoms with Gasteiger partial charge < -0.3 is 15.5 Å². The van der Waals surface area contributed by atoms with Gasteiger partial charge in [0.15, 0.2) is 0 Å². The largest absolute Gasteiger partial charge is 0.394 e. The average molecular weight is 588 g/mol. The van der Waals surface area contributed by atoms with E-state index in [1.54, 1.807) is 0 Å². The van der Waals surface area contributed by atoms with Crippen molar-refractivity contribution in [3.05, 3.63) is 48.6 Å². The normalized spacial score (nSPS) is 13.7. The molecule has 3 N–H and O–H groups in total. The number of hydrogen-bond acceptors (Lipinski definition) is 3. The standard InChI is InChI=1S/C38H69NO3/c1-3-5-7-9-11-13-15-17-18-19-20-22-24-26-28-30-32-34-38(42)39-36(35-40)37(41)33-31-29-27-25-23-21-16-14-12-10-8-6-4-2/h5,7,11,13,17-18,20,22,36-37,40-41H,3-4,6,8-10,12,14-16,19,21,23-35H2,1-2H3,(H,39,42)/b7-5-,13-11-,18-17-,22-20-. The van der Waals surface area contributed by atoms with Gasteiger partial charge in [-0.25, -0.2) is 0 Å². The Morgan fingerprint density at radius 3 is 1.57 bits per heavy atom. The van der Waals surface area contributed by atoms with Crippen LogP contribution >= 0.6 is 0 Å². The van der Waals surface area contributed by atoms with Crippen LogP contribution in [0.1, 0.15) is 168 Å². The number of hydrogen-bond donors (Lipinski definition) is 3. The van der Waals surface area contributed by atoms with E-state index in [0.717, 1.165) is 70.6 Å². The minimum atomic E-state index is -0.669. The second-order valence-corrected chi connectivity index (χ2v) is 11.9. The number of carbonyl (C=O) groups excluding carboxylic acids is 1. The third-order valence-electron chi connectivity index (χ3n) is 7.85. The van der Waals surface area contributed by atoms with Gasteiger partial charge in [0.05, 0.1) is 18.8 Å². The van der Waals surface area contributed by atoms with E-state index >= 15 is 0 Å². The predicted octanol–water partition coefficient (Wildman–Crippen LogP) is 10.5. The average Bonchev–Trinajstić information content (AvgIpc) is 2.99. The molecule has 0 aliphatic heterocycles. The van der Waals surface area contributed by atoms with Crippen LogP contribution in [0.25, 0.3) is 0 Å². The van der Waals surface area contributed by atoms with Crippen molar-refractivity contribution in [1.82, 2.24) is 5.32 Å². The third kappa shape index (κ3) is 29.8. The van der Waals surface area contributed by atoms with Crippen LogP contribution in [0.4, 0.5) is 0 Å². The molecule has 4 nitrogen and oxygen atoms in total. The summed E-state index contributed by atoms with van der Waals surface area (Å²) in [5.74, 6) is -0.0579. The maximum absolute atomic E-state index is 12.3. The van der Waals surface area contributed by atoms with E-state index in [4.69, 9.17) is 0 Å². The first kappa shape index (κ1) is 40.4. The molecule has 0 aromatic rings. The molecule has 0 heterocycles. The maximum atomic E-state index is 12.3. The Labute approximate surface area is 261 Å². The molecule has 42 heavy (non-hydrogen) atoms. The fourth-order valence-electron chi connectivity index (χ4n) is 5.11. The smallest absolute Gasteiger partial charge is 0.220 e. The van der Waals surface area contributed by atoms with Crippen molar-refractivity contribution in [2.75, 3.05) is 6.61 Å². The van der Waals surface area contributed by atoms with Crippen LogP contribution in [0.15, 0.2) is 48.6 Å². The lowest BCUT2D eigenvalue weighted by Crippen LogP contribution is -2.45. The highest BCUT2D eigenvalue weighted by molar-refractivity contribution is 5.76. The first-order valence-electron chi connectivity index (χ1n) is 17.8. The third-order valence-corrected chi connectivity index (χ3v) is 7.85. The van der Waals surface area contributed by atoms with E-state index in [1.807, 2.05) is 0 Å². The summed E-state index contributed by atoms with van der Waals surface area (Å²) in [6.45, 7) is 4.21. The number of carbonyl (C=O) groups is 1. The van der Waals surface area contributed by atoms with Crippen LogP contribution in [0.2, 0.25) is 0 Å². The molecule has 0 aromatic carbocycles. The highest BCUT2D eigenvalue weighted by Gasteiger charge is 2.19. The molecule has 0 radical (unpaired) electrons. The summed E-state index contributed by atoms with van der Waals surface area (Å²) in [5.41, 5.74) is 0. The molecule has 2 unspecified atom stereocenters. The summed E-state index contributed by atoms with van der Waals surface area (Å²) in [4.78, 5) is 12.3. The van der Waals surface area contributed by atoms with Crippen molar-refractivity contribution in [3.63, 3.8) is 0 Å². The fourth-order valence-corrected chi connectivity index (χ4v) is 5.11. The first-order chi connectivity index (χ1) is 20.7. The van der Waals surface area contributed by atoms with Gasteiger partial charge in [-0.1, -0.05) is 159 Å². The van der Waals surface area contributed by atoms with Gasteiger partial charge in [-0.2, -0.15) is 0 Å². The molecule has 0 spiro atoms. The maximum Gasteiger partial charge on any atom is 0.220 e. The van der Waals surface area contributed by atoms with Crippen molar-refractivity contribution in [2.24, 2.45) is 0 Å². The van der Waals surface area contributed by atoms with E-state index in [-0.39, 0.29) is 12.5 Å². The second kappa shape index (κ2) is 33.8. The van der Waals surface area contributed by atoms with Crippen molar-refractivity contribution in [3.8, 4) is 0 Å². The number of aliphatic hydroxyl groups excluding tert-OH is 2. The predicted molar refractivity (Wildman–Crippen MR) is 184 cm³/mol. The van der Waals surface area contributed by atoms with Crippen LogP contribution in [0.3, 0.4) is 0 Å². The molecule has 0 aromatic heterocycles. The molecule has 0 aliphatic rings. The molecule has 0 bridgehead atoms. The number of allylic oxidation sites excluding steroid dienone is 8. The summed E-state index contributed by atoms with van der Waals surface area (Å²) in [7, 11) is 0. The van der Waals surface area contributed by atoms with Gasteiger partial charge >= 0.3 is 0 Å². The lowest BCUT2D eigenvalue weighted by molar-refractivity contribution is -0.123. The Hall–Kier alpha value is -1.65. The van der Waals surface area contributed by atoms with Crippen molar-refractivity contribution in [1.29, 1.82) is 0 Å². The van der Waals surface area contributed by atoms with Crippen molar-refractivity contribution in [2.45, 2.75) is 180 Å². The van der Waals surface area contributed by atoms with Crippen LogP contribution in [0.5, 0.6) is 0 Å². The van der Waals surface area contributed by atoms with E-state index in [9.17, 15) is 15.0 Å². The van der Waals surface area contributed by atoms with Crippen molar-refractivity contribution >= 4 is 5.91 Å². The number of amides is 1. The van der Waals surface area contributed by atoms with Crippen LogP contribution in [-0.4, -0.2) is 34.9 Å². The first-order valence-corrected chi connectivity index (χ1v) is 17.8. The lowest BCUT2D eigenvalue weighted by atomic mass is 10.0. The van der Waals surface area contributed by atoms with Gasteiger partial charge in [-0.3, -0.25) is 4.79 Å². The molecule has 2 atom stereocenters. The lowest BCUT2D eigenvalue weighted by Gasteiger charge is -2.22. The van der Waals surface area contributed by atoms with E-state index in [2.05, 4.69) is 67.8 Å². The second-order valence-electron chi connectivity index (χ2n) is 11.9. The van der Waals surface area contributed by atoms with Gasteiger partial charge in [0, 0.05) is 6.42 Å². The number of aliphatic hydroxyl groups is 2. The Balaban J connectivity index is 3.66. The minimum Gasteiger partial charge on any atom is -0.394 e. The van der Waals surface area contributed by atoms with Crippen LogP contribution in [-0.2, 0) is 4.79 Å². The SMILES string of the molecule is CC/C=C\C/C=C\C/C=C\C/C=C\CCCCCCC(=O)NC(CO)C(O)CCCCCCCCCCCCCCC. The van der Waals surface area contributed by atoms with Gasteiger partial charge in [-0.05, 0) is 51.4 Å². The molecular weight excluding hydrogens is 518 g/mol. The summed E-state index contributed by atoms with van der Waals surface area (Å²) in [6, 6.07) is -0.548. The zero-order valence-corrected chi connectivity index (χ0v) is 27.8. The Morgan fingerprint density at radius 2 is 1.05 bits per heavy atom. The number of unbranched alkanes of at least 4 members (excludes halogenated alkanes) is 16. The molecule has 0 fully saturated rings. The summed E-state index contributed by atoms with van der Waals surface area (Å²) < 4.78 is 0. The zero-order chi connectivity index (χ0) is 30.8. The van der Waals surface area contributed by atoms with Gasteiger partial charge in [0.1, 0.15) is 0 Å². The summed E-state index contributed by atoms with van der Waals surface area (Å²) in [6.07, 6.45) is 44.4. The molecule has 244 valence electrons. The molecule has 4 heteroatoms. The quantitative estimate of drug-likeness (QED) is 0.0558. The molecule has 0 rings (SSSR count). The minimum absolute atomic E-state index is 0.0579. The zero-order valence-electron chi connectivity index (χ0n) is 27.8. The number of rotatable bonds is 31. The van der Waals surface area contributed by atoms with Crippen LogP contribution in [0, 0.1) is 0 Å². The molecular formula is C38H69NO3. The van der Waals surface area contributed by atoms with Gasteiger partial charge in [0.25, 0.3) is 0 Å². The van der Waals surface area contributed by atoms with Gasteiger partial charge in [-0.15, -0.1) is 0 Å². The topological polar surface area (TPSA) is 69.6 Å². The van der Waals surface area contributed by atoms with E-state index < -0.39 is 12.1 Å². The van der Waals surface area contributed by atoms with Crippen molar-refractivity contribution < 1.29 is 15.0 Å². The molecule has 1 amide bonds. The molecule has 0 saturated carbocycles. The van der Waals surface area contributed by atoms with E-state index in [1.165, 1.54) is 70.6 Å². The summed E-state index contributed by atoms with van der Waals surface area (Å²) >= 11 is 0. The molecule has 0 saturated heterocycles. The van der Waals surface area contributed by atoms with Gasteiger partial charge in [0.2, 0.25) is 5.91 Å². The fraction of sp³-hybridized carbons (Fsp3) is 0.763. The summed E-state index contributed by atoms with van der Waals surface area (Å²) in [5, 5.41) is 23.0. The Kier molecular flexibility index (Phi) is 32.5. The Morgan fingerprint density at radius 1 is 0.595 bits per heavy atom. The highest BCUT2D eigenvalue weighted by Crippen LogP contribution is 2.14.